The van der Waals surface area contributed by atoms with Gasteiger partial charge in [0.25, 0.3) is 6.43 Å². The molecule has 3 aliphatic heterocycles. The average molecular weight is 728 g/mol. The minimum Gasteiger partial charge on any atom is -0.478 e. The van der Waals surface area contributed by atoms with E-state index in [1.165, 1.54) is 43.9 Å². The van der Waals surface area contributed by atoms with Gasteiger partial charge in [0.05, 0.1) is 17.8 Å². The van der Waals surface area contributed by atoms with Gasteiger partial charge in [0.1, 0.15) is 6.29 Å². The zero-order valence-electron chi connectivity index (χ0n) is 31.1. The van der Waals surface area contributed by atoms with E-state index in [4.69, 9.17) is 9.89 Å². The number of carbonyl (C=O) groups is 2. The zero-order valence-corrected chi connectivity index (χ0v) is 31.1. The van der Waals surface area contributed by atoms with Crippen molar-refractivity contribution < 1.29 is 23.5 Å². The molecule has 0 bridgehead atoms. The van der Waals surface area contributed by atoms with Gasteiger partial charge in [-0.05, 0) is 125 Å². The van der Waals surface area contributed by atoms with Gasteiger partial charge in [-0.15, -0.1) is 0 Å². The number of benzene rings is 2. The summed E-state index contributed by atoms with van der Waals surface area (Å²) in [4.78, 5) is 27.0. The van der Waals surface area contributed by atoms with Gasteiger partial charge < -0.3 is 24.6 Å². The van der Waals surface area contributed by atoms with Crippen molar-refractivity contribution in [2.75, 3.05) is 43.0 Å². The second-order valence-corrected chi connectivity index (χ2v) is 15.2. The summed E-state index contributed by atoms with van der Waals surface area (Å²) in [6, 6.07) is 11.3. The Labute approximate surface area is 310 Å². The fraction of sp³-hybridized carbons (Fsp3) is 0.512. The molecule has 1 saturated carbocycles. The number of aldehydes is 1. The number of hydrogen-bond acceptors (Lipinski definition) is 7. The SMILES string of the molecule is CC=O.CN1CCc2c(c(N3CCCc4cc(-c5cnn(C)c5)c(C(F)F)cc43)nn2C2CCC(C3CCN(c4ccc(C(=O)O)cc4)CC3)CC2)C1. The number of halogens is 2. The molecule has 2 aromatic carbocycles. The number of fused-ring (bicyclic) bond motifs is 2. The van der Waals surface area contributed by atoms with Crippen LogP contribution >= 0.6 is 0 Å². The Morgan fingerprint density at radius 2 is 1.64 bits per heavy atom. The molecule has 282 valence electrons. The molecule has 1 saturated heterocycles. The summed E-state index contributed by atoms with van der Waals surface area (Å²) >= 11 is 0. The van der Waals surface area contributed by atoms with Crippen LogP contribution in [0.3, 0.4) is 0 Å². The van der Waals surface area contributed by atoms with Crippen molar-refractivity contribution in [1.82, 2.24) is 24.5 Å². The van der Waals surface area contributed by atoms with Gasteiger partial charge in [0.2, 0.25) is 0 Å². The van der Waals surface area contributed by atoms with Crippen LogP contribution in [0.4, 0.5) is 26.0 Å². The van der Waals surface area contributed by atoms with Gasteiger partial charge in [0, 0.05) is 86.1 Å². The smallest absolute Gasteiger partial charge is 0.335 e. The first kappa shape index (κ1) is 36.8. The van der Waals surface area contributed by atoms with Gasteiger partial charge in [0.15, 0.2) is 5.82 Å². The molecular formula is C41H51F2N7O3. The normalized spacial score (nSPS) is 20.8. The van der Waals surface area contributed by atoms with Crippen molar-refractivity contribution in [1.29, 1.82) is 0 Å². The van der Waals surface area contributed by atoms with E-state index < -0.39 is 12.4 Å². The lowest BCUT2D eigenvalue weighted by molar-refractivity contribution is -0.106. The molecule has 1 N–H and O–H groups in total. The Morgan fingerprint density at radius 1 is 0.943 bits per heavy atom. The quantitative estimate of drug-likeness (QED) is 0.192. The number of hydrogen-bond donors (Lipinski definition) is 1. The van der Waals surface area contributed by atoms with Gasteiger partial charge in [-0.2, -0.15) is 10.2 Å². The maximum Gasteiger partial charge on any atom is 0.335 e. The summed E-state index contributed by atoms with van der Waals surface area (Å²) < 4.78 is 33.2. The van der Waals surface area contributed by atoms with Crippen LogP contribution in [0, 0.1) is 11.8 Å². The van der Waals surface area contributed by atoms with Crippen molar-refractivity contribution in [3.63, 3.8) is 0 Å². The Bertz CT molecular complexity index is 1910. The maximum atomic E-state index is 14.6. The number of nitrogens with zero attached hydrogens (tertiary/aromatic N) is 7. The van der Waals surface area contributed by atoms with E-state index in [1.807, 2.05) is 31.4 Å². The Hall–Kier alpha value is -4.58. The van der Waals surface area contributed by atoms with Crippen LogP contribution in [0.2, 0.25) is 0 Å². The number of carboxylic acids is 1. The zero-order chi connectivity index (χ0) is 37.2. The number of aromatic carboxylic acids is 1. The molecule has 12 heteroatoms. The largest absolute Gasteiger partial charge is 0.478 e. The second kappa shape index (κ2) is 15.8. The van der Waals surface area contributed by atoms with E-state index in [9.17, 15) is 18.7 Å². The summed E-state index contributed by atoms with van der Waals surface area (Å²) in [5.41, 5.74) is 7.33. The van der Waals surface area contributed by atoms with Crippen molar-refractivity contribution in [3.05, 3.63) is 76.7 Å². The lowest BCUT2D eigenvalue weighted by Crippen LogP contribution is -2.37. The molecule has 0 amide bonds. The first-order chi connectivity index (χ1) is 25.6. The van der Waals surface area contributed by atoms with Crippen LogP contribution < -0.4 is 9.80 Å². The van der Waals surface area contributed by atoms with E-state index in [0.29, 0.717) is 23.1 Å². The summed E-state index contributed by atoms with van der Waals surface area (Å²) in [6.45, 7) is 6.04. The molecule has 4 aliphatic rings. The Morgan fingerprint density at radius 3 is 2.28 bits per heavy atom. The monoisotopic (exact) mass is 727 g/mol. The topological polar surface area (TPSA) is 99.7 Å². The number of aryl methyl sites for hydroxylation is 2. The number of likely N-dealkylation sites (N-methyl/N-ethyl adjacent to an activating group) is 1. The van der Waals surface area contributed by atoms with Crippen LogP contribution in [0.15, 0.2) is 48.8 Å². The van der Waals surface area contributed by atoms with Gasteiger partial charge in [-0.25, -0.2) is 13.6 Å². The van der Waals surface area contributed by atoms with Crippen LogP contribution in [-0.2, 0) is 31.2 Å². The maximum absolute atomic E-state index is 14.6. The molecule has 0 atom stereocenters. The Balaban J connectivity index is 0.00000140. The van der Waals surface area contributed by atoms with E-state index in [0.717, 1.165) is 105 Å². The van der Waals surface area contributed by atoms with Crippen molar-refractivity contribution >= 4 is 29.4 Å². The molecule has 0 spiro atoms. The molecule has 4 aromatic rings. The van der Waals surface area contributed by atoms with Crippen LogP contribution in [-0.4, -0.2) is 75.0 Å². The van der Waals surface area contributed by atoms with Crippen molar-refractivity contribution in [2.24, 2.45) is 18.9 Å². The number of aromatic nitrogens is 4. The number of carbonyl (C=O) groups excluding carboxylic acids is 1. The van der Waals surface area contributed by atoms with Crippen LogP contribution in [0.5, 0.6) is 0 Å². The average Bonchev–Trinajstić information content (AvgIpc) is 3.78. The third-order valence-corrected chi connectivity index (χ3v) is 11.9. The predicted molar refractivity (Wildman–Crippen MR) is 202 cm³/mol. The number of alkyl halides is 2. The third-order valence-electron chi connectivity index (χ3n) is 11.9. The fourth-order valence-corrected chi connectivity index (χ4v) is 9.20. The molecule has 2 fully saturated rings. The lowest BCUT2D eigenvalue weighted by Gasteiger charge is -2.40. The molecule has 5 heterocycles. The standard InChI is InChI=1S/C39H47F2N7O2.C2H4O/c1-44-17-15-35-34(24-44)38(47-16-3-4-28-20-32(29-22-42-45(2)23-29)33(37(40)41)21-36(28)47)43-48(35)31-11-5-25(6-12-31)26-13-18-46(19-14-26)30-9-7-27(8-10-30)39(49)50;1-2-3/h7-10,20-23,25-26,31,37H,3-6,11-19,24H2,1-2H3,(H,49,50);2H,1H3. The number of anilines is 3. The molecule has 1 aliphatic carbocycles. The van der Waals surface area contributed by atoms with Gasteiger partial charge >= 0.3 is 5.97 Å². The third kappa shape index (κ3) is 7.60. The molecule has 10 nitrogen and oxygen atoms in total. The predicted octanol–water partition coefficient (Wildman–Crippen LogP) is 7.84. The lowest BCUT2D eigenvalue weighted by atomic mass is 9.74. The van der Waals surface area contributed by atoms with Crippen molar-refractivity contribution in [2.45, 2.75) is 83.7 Å². The Kier molecular flexibility index (Phi) is 11.0. The van der Waals surface area contributed by atoms with Crippen LogP contribution in [0.1, 0.15) is 97.1 Å². The number of rotatable bonds is 7. The first-order valence-corrected chi connectivity index (χ1v) is 19.1. The molecule has 8 rings (SSSR count). The number of piperidine rings is 1. The van der Waals surface area contributed by atoms with Gasteiger partial charge in [-0.3, -0.25) is 9.36 Å². The van der Waals surface area contributed by atoms with E-state index in [1.54, 1.807) is 29.1 Å². The van der Waals surface area contributed by atoms with E-state index >= 15 is 0 Å². The minimum atomic E-state index is -2.59. The van der Waals surface area contributed by atoms with E-state index in [2.05, 4.69) is 31.5 Å². The summed E-state index contributed by atoms with van der Waals surface area (Å²) in [5, 5.41) is 18.9. The van der Waals surface area contributed by atoms with Gasteiger partial charge in [-0.1, -0.05) is 0 Å². The molecule has 0 unspecified atom stereocenters. The highest BCUT2D eigenvalue weighted by Crippen LogP contribution is 2.45. The van der Waals surface area contributed by atoms with E-state index in [-0.39, 0.29) is 5.56 Å². The summed E-state index contributed by atoms with van der Waals surface area (Å²) in [7, 11) is 3.97. The first-order valence-electron chi connectivity index (χ1n) is 19.1. The fourth-order valence-electron chi connectivity index (χ4n) is 9.20. The molecule has 53 heavy (non-hydrogen) atoms. The highest BCUT2D eigenvalue weighted by molar-refractivity contribution is 5.88. The molecular weight excluding hydrogens is 676 g/mol. The second-order valence-electron chi connectivity index (χ2n) is 15.2. The highest BCUT2D eigenvalue weighted by atomic mass is 19.3. The summed E-state index contributed by atoms with van der Waals surface area (Å²) in [5.74, 6) is 1.50. The highest BCUT2D eigenvalue weighted by Gasteiger charge is 2.36. The molecule has 2 aromatic heterocycles. The number of carboxylic acid groups (broad SMARTS) is 1. The van der Waals surface area contributed by atoms with Crippen molar-refractivity contribution in [3.8, 4) is 11.1 Å². The summed E-state index contributed by atoms with van der Waals surface area (Å²) in [6.07, 6.45) is 11.4. The molecule has 0 radical (unpaired) electrons. The van der Waals surface area contributed by atoms with Crippen LogP contribution in [0.25, 0.3) is 11.1 Å². The minimum absolute atomic E-state index is 0.0503.